The molecule has 0 saturated heterocycles. The second-order valence-corrected chi connectivity index (χ2v) is 32.4. The highest BCUT2D eigenvalue weighted by molar-refractivity contribution is 7.47. The van der Waals surface area contributed by atoms with Crippen LogP contribution in [0.3, 0.4) is 0 Å². The summed E-state index contributed by atoms with van der Waals surface area (Å²) >= 11 is 0. The summed E-state index contributed by atoms with van der Waals surface area (Å²) in [6.07, 6.45) is 55.8. The molecule has 0 aliphatic heterocycles. The Morgan fingerprint density at radius 1 is 0.278 bits per heavy atom. The van der Waals surface area contributed by atoms with Gasteiger partial charge in [-0.05, 0) is 43.4 Å². The molecule has 0 rings (SSSR count). The minimum Gasteiger partial charge on any atom is -0.462 e. The van der Waals surface area contributed by atoms with E-state index in [1.807, 2.05) is 0 Å². The summed E-state index contributed by atoms with van der Waals surface area (Å²) in [4.78, 5) is 72.8. The van der Waals surface area contributed by atoms with Gasteiger partial charge in [-0.1, -0.05) is 350 Å². The van der Waals surface area contributed by atoms with Crippen LogP contribution in [0.5, 0.6) is 0 Å². The monoisotopic (exact) mass is 1420 g/mol. The van der Waals surface area contributed by atoms with E-state index >= 15 is 0 Å². The summed E-state index contributed by atoms with van der Waals surface area (Å²) in [5, 5.41) is 10.6. The van der Waals surface area contributed by atoms with Crippen LogP contribution in [0.1, 0.15) is 402 Å². The van der Waals surface area contributed by atoms with Crippen LogP contribution in [0.15, 0.2) is 0 Å². The van der Waals surface area contributed by atoms with Crippen molar-refractivity contribution in [3.63, 3.8) is 0 Å². The van der Waals surface area contributed by atoms with Crippen molar-refractivity contribution in [1.82, 2.24) is 0 Å². The summed E-state index contributed by atoms with van der Waals surface area (Å²) in [6, 6.07) is 0. The zero-order valence-corrected chi connectivity index (χ0v) is 65.3. The van der Waals surface area contributed by atoms with Gasteiger partial charge in [0.2, 0.25) is 0 Å². The Labute approximate surface area is 594 Å². The Balaban J connectivity index is 5.19. The molecule has 0 amide bonds. The van der Waals surface area contributed by atoms with Crippen molar-refractivity contribution in [2.75, 3.05) is 39.6 Å². The van der Waals surface area contributed by atoms with Crippen LogP contribution in [0, 0.1) is 17.8 Å². The molecule has 0 spiro atoms. The van der Waals surface area contributed by atoms with Crippen molar-refractivity contribution in [2.45, 2.75) is 420 Å². The number of unbranched alkanes of at least 4 members (excludes halogenated alkanes) is 44. The number of hydrogen-bond acceptors (Lipinski definition) is 15. The molecule has 0 fully saturated rings. The second-order valence-electron chi connectivity index (χ2n) is 29.5. The number of aliphatic hydroxyl groups is 1. The third-order valence-electron chi connectivity index (χ3n) is 18.1. The maximum Gasteiger partial charge on any atom is 0.472 e. The first kappa shape index (κ1) is 95.1. The van der Waals surface area contributed by atoms with Gasteiger partial charge in [0.1, 0.15) is 19.3 Å². The highest BCUT2D eigenvalue weighted by Gasteiger charge is 2.30. The molecule has 19 heteroatoms. The van der Waals surface area contributed by atoms with Gasteiger partial charge in [0.15, 0.2) is 12.2 Å². The van der Waals surface area contributed by atoms with Gasteiger partial charge in [-0.15, -0.1) is 0 Å². The van der Waals surface area contributed by atoms with Gasteiger partial charge in [0.25, 0.3) is 0 Å². The zero-order chi connectivity index (χ0) is 71.6. The molecule has 0 aromatic rings. The van der Waals surface area contributed by atoms with Crippen molar-refractivity contribution in [3.8, 4) is 0 Å². The van der Waals surface area contributed by atoms with Crippen molar-refractivity contribution in [2.24, 2.45) is 17.8 Å². The predicted molar refractivity (Wildman–Crippen MR) is 395 cm³/mol. The second kappa shape index (κ2) is 68.5. The lowest BCUT2D eigenvalue weighted by Gasteiger charge is -2.21. The van der Waals surface area contributed by atoms with E-state index in [4.69, 9.17) is 37.0 Å². The molecule has 3 N–H and O–H groups in total. The molecule has 0 aliphatic carbocycles. The van der Waals surface area contributed by atoms with Crippen molar-refractivity contribution >= 4 is 39.5 Å². The van der Waals surface area contributed by atoms with Gasteiger partial charge < -0.3 is 33.8 Å². The van der Waals surface area contributed by atoms with Crippen LogP contribution in [0.2, 0.25) is 0 Å². The molecule has 576 valence electrons. The van der Waals surface area contributed by atoms with Crippen molar-refractivity contribution < 1.29 is 80.2 Å². The largest absolute Gasteiger partial charge is 0.472 e. The Bertz CT molecular complexity index is 1890. The Kier molecular flexibility index (Phi) is 67.1. The third-order valence-corrected chi connectivity index (χ3v) is 20.0. The SMILES string of the molecule is CCCCCCCCCCCCCCCCCCCCCCCCC(=O)O[C@H](COC(=O)CCCCCCCCCCCCC(C)C)COP(=O)(O)OC[C@@H](O)COP(=O)(O)OC[C@@H](COC(=O)CCCCCCCCCC(C)C)OC(=O)CCCCCCCCCCCC(C)C. The summed E-state index contributed by atoms with van der Waals surface area (Å²) < 4.78 is 68.5. The first-order valence-corrected chi connectivity index (χ1v) is 43.3. The van der Waals surface area contributed by atoms with E-state index in [2.05, 4.69) is 48.5 Å². The maximum atomic E-state index is 13.1. The van der Waals surface area contributed by atoms with Crippen LogP contribution < -0.4 is 0 Å². The van der Waals surface area contributed by atoms with Crippen LogP contribution in [0.25, 0.3) is 0 Å². The van der Waals surface area contributed by atoms with E-state index < -0.39 is 97.5 Å². The molecule has 0 radical (unpaired) electrons. The van der Waals surface area contributed by atoms with Gasteiger partial charge in [-0.3, -0.25) is 37.3 Å². The van der Waals surface area contributed by atoms with E-state index in [1.54, 1.807) is 0 Å². The molecule has 0 bridgehead atoms. The fourth-order valence-electron chi connectivity index (χ4n) is 12.0. The van der Waals surface area contributed by atoms with Crippen molar-refractivity contribution in [1.29, 1.82) is 0 Å². The number of phosphoric ester groups is 2. The number of hydrogen-bond donors (Lipinski definition) is 3. The molecule has 5 atom stereocenters. The first-order chi connectivity index (χ1) is 46.7. The standard InChI is InChI=1S/C78H152O17P2/c1-8-9-10-11-12-13-14-15-16-17-18-19-20-21-22-23-24-25-32-39-47-54-61-77(82)94-73(65-88-75(80)59-52-45-38-31-27-26-29-35-42-49-56-69(2)3)67-92-96(84,85)90-63-72(79)64-91-97(86,87)93-68-74(66-89-76(81)60-53-46-41-34-37-44-51-58-71(6)7)95-78(83)62-55-48-40-33-28-30-36-43-50-57-70(4)5/h69-74,79H,8-68H2,1-7H3,(H,84,85)(H,86,87)/t72-,73-,74-/m1/s1. The summed E-state index contributed by atoms with van der Waals surface area (Å²) in [7, 11) is -9.91. The normalized spacial score (nSPS) is 14.0. The lowest BCUT2D eigenvalue weighted by molar-refractivity contribution is -0.161. The number of ether oxygens (including phenoxy) is 4. The Hall–Kier alpha value is -1.94. The summed E-state index contributed by atoms with van der Waals surface area (Å²) in [6.45, 7) is 11.8. The van der Waals surface area contributed by atoms with Gasteiger partial charge >= 0.3 is 39.5 Å². The molecule has 2 unspecified atom stereocenters. The maximum absolute atomic E-state index is 13.1. The molecule has 97 heavy (non-hydrogen) atoms. The molecule has 0 aromatic heterocycles. The molecule has 0 aromatic carbocycles. The van der Waals surface area contributed by atoms with E-state index in [1.165, 1.54) is 205 Å². The molecular formula is C78H152O17P2. The smallest absolute Gasteiger partial charge is 0.462 e. The predicted octanol–water partition coefficient (Wildman–Crippen LogP) is 23.0. The average molecular weight is 1420 g/mol. The first-order valence-electron chi connectivity index (χ1n) is 40.3. The molecule has 0 aliphatic rings. The van der Waals surface area contributed by atoms with Crippen LogP contribution >= 0.6 is 15.6 Å². The lowest BCUT2D eigenvalue weighted by atomic mass is 10.0. The van der Waals surface area contributed by atoms with E-state index in [0.717, 1.165) is 108 Å². The fraction of sp³-hybridized carbons (Fsp3) is 0.949. The minimum absolute atomic E-state index is 0.104. The Morgan fingerprint density at radius 2 is 0.474 bits per heavy atom. The fourth-order valence-corrected chi connectivity index (χ4v) is 13.5. The number of phosphoric acid groups is 2. The van der Waals surface area contributed by atoms with Crippen LogP contribution in [-0.4, -0.2) is 96.7 Å². The van der Waals surface area contributed by atoms with Gasteiger partial charge in [-0.25, -0.2) is 9.13 Å². The van der Waals surface area contributed by atoms with Crippen LogP contribution in [-0.2, 0) is 65.4 Å². The summed E-state index contributed by atoms with van der Waals surface area (Å²) in [5.74, 6) is 0.0805. The highest BCUT2D eigenvalue weighted by atomic mass is 31.2. The lowest BCUT2D eigenvalue weighted by Crippen LogP contribution is -2.30. The zero-order valence-electron chi connectivity index (χ0n) is 63.5. The van der Waals surface area contributed by atoms with Gasteiger partial charge in [0, 0.05) is 25.7 Å². The van der Waals surface area contributed by atoms with E-state index in [9.17, 15) is 43.2 Å². The molecular weight excluding hydrogens is 1270 g/mol. The van der Waals surface area contributed by atoms with Gasteiger partial charge in [0.05, 0.1) is 26.4 Å². The topological polar surface area (TPSA) is 237 Å². The van der Waals surface area contributed by atoms with E-state index in [-0.39, 0.29) is 25.7 Å². The highest BCUT2D eigenvalue weighted by Crippen LogP contribution is 2.45. The van der Waals surface area contributed by atoms with Crippen molar-refractivity contribution in [3.05, 3.63) is 0 Å². The number of rotatable bonds is 76. The minimum atomic E-state index is -4.96. The number of carbonyl (C=O) groups excluding carboxylic acids is 4. The number of esters is 4. The van der Waals surface area contributed by atoms with Crippen LogP contribution in [0.4, 0.5) is 0 Å². The number of aliphatic hydroxyl groups excluding tert-OH is 1. The molecule has 0 heterocycles. The summed E-state index contributed by atoms with van der Waals surface area (Å²) in [5.41, 5.74) is 0. The third kappa shape index (κ3) is 72.2. The molecule has 0 saturated carbocycles. The Morgan fingerprint density at radius 3 is 0.701 bits per heavy atom. The van der Waals surface area contributed by atoms with Gasteiger partial charge in [-0.2, -0.15) is 0 Å². The van der Waals surface area contributed by atoms with E-state index in [0.29, 0.717) is 31.6 Å². The quantitative estimate of drug-likeness (QED) is 0.0222. The number of carbonyl (C=O) groups is 4. The molecule has 17 nitrogen and oxygen atoms in total. The average Bonchev–Trinajstić information content (AvgIpc) is 1.31.